The molecule has 2 heterocycles. The van der Waals surface area contributed by atoms with Crippen molar-refractivity contribution in [3.8, 4) is 5.88 Å². The smallest absolute Gasteiger partial charge is 0.407 e. The molecule has 1 atom stereocenters. The zero-order chi connectivity index (χ0) is 21.6. The molecule has 1 aromatic rings. The van der Waals surface area contributed by atoms with Crippen LogP contribution in [-0.2, 0) is 11.3 Å². The van der Waals surface area contributed by atoms with Gasteiger partial charge in [-0.05, 0) is 64.5 Å². The molecule has 3 rings (SSSR count). The number of hydrogen-bond acceptors (Lipinski definition) is 5. The highest BCUT2D eigenvalue weighted by Gasteiger charge is 2.28. The predicted octanol–water partition coefficient (Wildman–Crippen LogP) is 3.55. The Bertz CT molecular complexity index is 749. The van der Waals surface area contributed by atoms with Crippen molar-refractivity contribution in [2.24, 2.45) is 10.9 Å². The van der Waals surface area contributed by atoms with Crippen molar-refractivity contribution in [3.63, 3.8) is 0 Å². The number of carbonyl (C=O) groups excluding carboxylic acids is 1. The Labute approximate surface area is 202 Å². The molecule has 0 bridgehead atoms. The lowest BCUT2D eigenvalue weighted by Gasteiger charge is -2.23. The summed E-state index contributed by atoms with van der Waals surface area (Å²) >= 11 is 0. The van der Waals surface area contributed by atoms with Gasteiger partial charge in [-0.25, -0.2) is 14.8 Å². The lowest BCUT2D eigenvalue weighted by Crippen LogP contribution is -2.44. The fourth-order valence-corrected chi connectivity index (χ4v) is 3.25. The third-order valence-electron chi connectivity index (χ3n) is 4.92. The van der Waals surface area contributed by atoms with E-state index in [1.54, 1.807) is 6.20 Å². The van der Waals surface area contributed by atoms with Gasteiger partial charge in [-0.1, -0.05) is 0 Å². The van der Waals surface area contributed by atoms with Crippen LogP contribution in [0.3, 0.4) is 0 Å². The fourth-order valence-electron chi connectivity index (χ4n) is 3.25. The van der Waals surface area contributed by atoms with Crippen LogP contribution in [0.25, 0.3) is 0 Å². The van der Waals surface area contributed by atoms with Crippen LogP contribution in [0.4, 0.5) is 4.79 Å². The van der Waals surface area contributed by atoms with Gasteiger partial charge in [0.25, 0.3) is 0 Å². The number of hydrogen-bond donors (Lipinski definition) is 2. The summed E-state index contributed by atoms with van der Waals surface area (Å²) in [7, 11) is 0. The summed E-state index contributed by atoms with van der Waals surface area (Å²) in [5.41, 5.74) is 0.568. The van der Waals surface area contributed by atoms with E-state index in [4.69, 9.17) is 14.5 Å². The van der Waals surface area contributed by atoms with Crippen LogP contribution >= 0.6 is 24.0 Å². The molecular formula is C22H36IN5O3. The quantitative estimate of drug-likeness (QED) is 0.310. The molecule has 0 radical (unpaired) electrons. The van der Waals surface area contributed by atoms with Gasteiger partial charge in [0.1, 0.15) is 5.60 Å². The van der Waals surface area contributed by atoms with Crippen molar-refractivity contribution in [2.45, 2.75) is 65.1 Å². The molecule has 2 N–H and O–H groups in total. The zero-order valence-electron chi connectivity index (χ0n) is 19.0. The van der Waals surface area contributed by atoms with E-state index in [9.17, 15) is 4.79 Å². The molecule has 1 aliphatic heterocycles. The first-order chi connectivity index (χ1) is 14.3. The summed E-state index contributed by atoms with van der Waals surface area (Å²) in [5.74, 6) is 2.22. The maximum atomic E-state index is 12.0. The minimum absolute atomic E-state index is 0. The molecule has 0 aromatic carbocycles. The topological polar surface area (TPSA) is 88.1 Å². The van der Waals surface area contributed by atoms with Crippen LogP contribution in [0, 0.1) is 5.92 Å². The standard InChI is InChI=1S/C22H35N5O3.HI/c1-5-23-20(27-11-9-18(14-27)26-21(28)30-22(2,3)4)25-13-17-8-10-24-19(12-17)29-15-16-6-7-16;/h8,10,12,16,18H,5-7,9,11,13-15H2,1-4H3,(H,23,25)(H,26,28);1H. The number of guanidine groups is 1. The lowest BCUT2D eigenvalue weighted by molar-refractivity contribution is 0.0507. The summed E-state index contributed by atoms with van der Waals surface area (Å²) in [4.78, 5) is 23.3. The van der Waals surface area contributed by atoms with Crippen molar-refractivity contribution in [3.05, 3.63) is 23.9 Å². The molecular weight excluding hydrogens is 509 g/mol. The first-order valence-electron chi connectivity index (χ1n) is 10.9. The Hall–Kier alpha value is -1.78. The second-order valence-electron chi connectivity index (χ2n) is 9.00. The van der Waals surface area contributed by atoms with Gasteiger partial charge < -0.3 is 25.0 Å². The number of halogens is 1. The molecule has 0 spiro atoms. The highest BCUT2D eigenvalue weighted by molar-refractivity contribution is 14.0. The van der Waals surface area contributed by atoms with Crippen molar-refractivity contribution < 1.29 is 14.3 Å². The summed E-state index contributed by atoms with van der Waals surface area (Å²) < 4.78 is 11.1. The maximum absolute atomic E-state index is 12.0. The van der Waals surface area contributed by atoms with Crippen molar-refractivity contribution in [2.75, 3.05) is 26.2 Å². The van der Waals surface area contributed by atoms with E-state index in [1.165, 1.54) is 12.8 Å². The van der Waals surface area contributed by atoms with E-state index in [-0.39, 0.29) is 36.1 Å². The summed E-state index contributed by atoms with van der Waals surface area (Å²) in [6.07, 6.45) is 4.78. The molecule has 1 aliphatic carbocycles. The number of aliphatic imine (C=N–C) groups is 1. The molecule has 2 fully saturated rings. The van der Waals surface area contributed by atoms with Crippen LogP contribution in [0.15, 0.2) is 23.3 Å². The van der Waals surface area contributed by atoms with Gasteiger partial charge in [0.2, 0.25) is 5.88 Å². The monoisotopic (exact) mass is 545 g/mol. The third kappa shape index (κ3) is 9.08. The number of pyridine rings is 1. The molecule has 1 unspecified atom stereocenters. The number of nitrogens with one attached hydrogen (secondary N) is 2. The second-order valence-corrected chi connectivity index (χ2v) is 9.00. The van der Waals surface area contributed by atoms with Gasteiger partial charge in [0, 0.05) is 31.9 Å². The summed E-state index contributed by atoms with van der Waals surface area (Å²) in [6, 6.07) is 3.98. The first-order valence-corrected chi connectivity index (χ1v) is 10.9. The zero-order valence-corrected chi connectivity index (χ0v) is 21.3. The summed E-state index contributed by atoms with van der Waals surface area (Å²) in [6.45, 7) is 11.3. The SMILES string of the molecule is CCNC(=NCc1ccnc(OCC2CC2)c1)N1CCC(NC(=O)OC(C)(C)C)C1.I. The van der Waals surface area contributed by atoms with Crippen LogP contribution in [0.1, 0.15) is 52.5 Å². The number of likely N-dealkylation sites (tertiary alicyclic amines) is 1. The van der Waals surface area contributed by atoms with E-state index >= 15 is 0 Å². The molecule has 1 saturated heterocycles. The number of rotatable bonds is 7. The Kier molecular flexibility index (Phi) is 9.64. The number of ether oxygens (including phenoxy) is 2. The first kappa shape index (κ1) is 25.5. The van der Waals surface area contributed by atoms with E-state index in [2.05, 4.69) is 27.4 Å². The summed E-state index contributed by atoms with van der Waals surface area (Å²) in [5, 5.41) is 6.32. The highest BCUT2D eigenvalue weighted by Crippen LogP contribution is 2.29. The molecule has 1 aromatic heterocycles. The third-order valence-corrected chi connectivity index (χ3v) is 4.92. The molecule has 8 nitrogen and oxygen atoms in total. The van der Waals surface area contributed by atoms with E-state index in [0.717, 1.165) is 37.6 Å². The number of nitrogens with zero attached hydrogens (tertiary/aromatic N) is 3. The van der Waals surface area contributed by atoms with Crippen molar-refractivity contribution in [1.82, 2.24) is 20.5 Å². The Balaban J connectivity index is 0.00000341. The largest absolute Gasteiger partial charge is 0.477 e. The van der Waals surface area contributed by atoms with Crippen LogP contribution < -0.4 is 15.4 Å². The minimum Gasteiger partial charge on any atom is -0.477 e. The van der Waals surface area contributed by atoms with E-state index in [0.29, 0.717) is 24.9 Å². The van der Waals surface area contributed by atoms with Crippen molar-refractivity contribution in [1.29, 1.82) is 0 Å². The van der Waals surface area contributed by atoms with Crippen molar-refractivity contribution >= 4 is 36.0 Å². The fraction of sp³-hybridized carbons (Fsp3) is 0.682. The Morgan fingerprint density at radius 1 is 1.32 bits per heavy atom. The average Bonchev–Trinajstić information content (AvgIpc) is 3.40. The predicted molar refractivity (Wildman–Crippen MR) is 132 cm³/mol. The molecule has 2 aliphatic rings. The molecule has 9 heteroatoms. The Morgan fingerprint density at radius 2 is 2.10 bits per heavy atom. The van der Waals surface area contributed by atoms with Crippen LogP contribution in [-0.4, -0.2) is 59.8 Å². The Morgan fingerprint density at radius 3 is 2.77 bits per heavy atom. The van der Waals surface area contributed by atoms with Gasteiger partial charge >= 0.3 is 6.09 Å². The average molecular weight is 545 g/mol. The number of carbonyl (C=O) groups is 1. The maximum Gasteiger partial charge on any atom is 0.407 e. The number of amides is 1. The molecule has 1 amide bonds. The van der Waals surface area contributed by atoms with Gasteiger partial charge in [-0.3, -0.25) is 0 Å². The molecule has 1 saturated carbocycles. The highest BCUT2D eigenvalue weighted by atomic mass is 127. The van der Waals surface area contributed by atoms with Crippen LogP contribution in [0.5, 0.6) is 5.88 Å². The minimum atomic E-state index is -0.496. The van der Waals surface area contributed by atoms with E-state index in [1.807, 2.05) is 32.9 Å². The second kappa shape index (κ2) is 11.7. The van der Waals surface area contributed by atoms with Gasteiger partial charge in [0.15, 0.2) is 5.96 Å². The number of aromatic nitrogens is 1. The molecule has 174 valence electrons. The van der Waals surface area contributed by atoms with Crippen LogP contribution in [0.2, 0.25) is 0 Å². The molecule has 31 heavy (non-hydrogen) atoms. The van der Waals surface area contributed by atoms with E-state index < -0.39 is 5.60 Å². The lowest BCUT2D eigenvalue weighted by atomic mass is 10.2. The van der Waals surface area contributed by atoms with Gasteiger partial charge in [-0.15, -0.1) is 24.0 Å². The number of alkyl carbamates (subject to hydrolysis) is 1. The normalized spacial score (nSPS) is 18.9. The van der Waals surface area contributed by atoms with Gasteiger partial charge in [-0.2, -0.15) is 0 Å². The van der Waals surface area contributed by atoms with Gasteiger partial charge in [0.05, 0.1) is 19.2 Å².